The number of nitrogens with one attached hydrogen (secondary N) is 1. The molecule has 0 radical (unpaired) electrons. The van der Waals surface area contributed by atoms with Crippen LogP contribution >= 0.6 is 0 Å². The van der Waals surface area contributed by atoms with E-state index < -0.39 is 0 Å². The number of hydrogen-bond donors (Lipinski definition) is 1. The third-order valence-corrected chi connectivity index (χ3v) is 4.19. The molecule has 5 heteroatoms. The van der Waals surface area contributed by atoms with E-state index in [0.717, 1.165) is 52.2 Å². The van der Waals surface area contributed by atoms with E-state index in [1.165, 1.54) is 0 Å². The summed E-state index contributed by atoms with van der Waals surface area (Å²) in [4.78, 5) is 16.5. The van der Waals surface area contributed by atoms with Gasteiger partial charge in [0, 0.05) is 45.2 Å². The molecule has 2 heterocycles. The average Bonchev–Trinajstić information content (AvgIpc) is 2.45. The zero-order valence-electron chi connectivity index (χ0n) is 12.2. The normalized spacial score (nSPS) is 26.6. The summed E-state index contributed by atoms with van der Waals surface area (Å²) in [6, 6.07) is 0.639. The number of carbonyl (C=O) groups is 1. The third kappa shape index (κ3) is 4.16. The van der Waals surface area contributed by atoms with Crippen molar-refractivity contribution in [2.75, 3.05) is 46.4 Å². The zero-order chi connectivity index (χ0) is 13.7. The summed E-state index contributed by atoms with van der Waals surface area (Å²) in [5.74, 6) is 0.295. The molecule has 2 aliphatic rings. The number of piperidine rings is 1. The van der Waals surface area contributed by atoms with Gasteiger partial charge in [0.2, 0.25) is 5.91 Å². The number of hydrogen-bond acceptors (Lipinski definition) is 4. The van der Waals surface area contributed by atoms with Crippen LogP contribution in [0, 0.1) is 0 Å². The Balaban J connectivity index is 1.74. The van der Waals surface area contributed by atoms with Crippen molar-refractivity contribution >= 4 is 5.91 Å². The van der Waals surface area contributed by atoms with Crippen LogP contribution in [0.1, 0.15) is 26.2 Å². The maximum absolute atomic E-state index is 11.9. The minimum atomic E-state index is 0.295. The van der Waals surface area contributed by atoms with Gasteiger partial charge >= 0.3 is 0 Å². The zero-order valence-corrected chi connectivity index (χ0v) is 12.2. The van der Waals surface area contributed by atoms with Crippen molar-refractivity contribution in [1.29, 1.82) is 0 Å². The molecular formula is C14H27N3O2. The Morgan fingerprint density at radius 2 is 2.05 bits per heavy atom. The SMILES string of the molecule is CNCCC(=O)N1CCC(N2CCOC(C)C2)CC1. The van der Waals surface area contributed by atoms with Gasteiger partial charge < -0.3 is 15.0 Å². The predicted molar refractivity (Wildman–Crippen MR) is 75.1 cm³/mol. The van der Waals surface area contributed by atoms with Gasteiger partial charge in [-0.15, -0.1) is 0 Å². The minimum absolute atomic E-state index is 0.295. The fraction of sp³-hybridized carbons (Fsp3) is 0.929. The molecule has 1 amide bonds. The molecule has 2 saturated heterocycles. The molecule has 0 aromatic carbocycles. The highest BCUT2D eigenvalue weighted by Crippen LogP contribution is 2.19. The molecule has 110 valence electrons. The summed E-state index contributed by atoms with van der Waals surface area (Å²) in [5, 5.41) is 3.03. The van der Waals surface area contributed by atoms with Crippen LogP contribution < -0.4 is 5.32 Å². The lowest BCUT2D eigenvalue weighted by atomic mass is 10.0. The molecule has 0 bridgehead atoms. The largest absolute Gasteiger partial charge is 0.376 e. The first-order valence-corrected chi connectivity index (χ1v) is 7.48. The van der Waals surface area contributed by atoms with Gasteiger partial charge in [0.25, 0.3) is 0 Å². The molecule has 0 aromatic rings. The summed E-state index contributed by atoms with van der Waals surface area (Å²) in [5.41, 5.74) is 0. The minimum Gasteiger partial charge on any atom is -0.376 e. The molecule has 5 nitrogen and oxygen atoms in total. The van der Waals surface area contributed by atoms with E-state index in [9.17, 15) is 4.79 Å². The molecule has 0 saturated carbocycles. The van der Waals surface area contributed by atoms with Gasteiger partial charge in [-0.3, -0.25) is 9.69 Å². The van der Waals surface area contributed by atoms with Crippen LogP contribution in [-0.4, -0.2) is 74.2 Å². The first kappa shape index (κ1) is 14.8. The number of nitrogens with zero attached hydrogens (tertiary/aromatic N) is 2. The molecular weight excluding hydrogens is 242 g/mol. The van der Waals surface area contributed by atoms with E-state index in [1.54, 1.807) is 0 Å². The van der Waals surface area contributed by atoms with Crippen LogP contribution in [0.4, 0.5) is 0 Å². The Hall–Kier alpha value is -0.650. The van der Waals surface area contributed by atoms with Crippen molar-refractivity contribution in [3.63, 3.8) is 0 Å². The fourth-order valence-corrected chi connectivity index (χ4v) is 3.05. The van der Waals surface area contributed by atoms with Crippen LogP contribution in [0.15, 0.2) is 0 Å². The van der Waals surface area contributed by atoms with Crippen molar-refractivity contribution in [3.05, 3.63) is 0 Å². The van der Waals surface area contributed by atoms with Crippen LogP contribution in [-0.2, 0) is 9.53 Å². The Morgan fingerprint density at radius 1 is 1.32 bits per heavy atom. The lowest BCUT2D eigenvalue weighted by Crippen LogP contribution is -2.51. The van der Waals surface area contributed by atoms with E-state index >= 15 is 0 Å². The third-order valence-electron chi connectivity index (χ3n) is 4.19. The second-order valence-electron chi connectivity index (χ2n) is 5.64. The van der Waals surface area contributed by atoms with E-state index in [-0.39, 0.29) is 0 Å². The Bertz CT molecular complexity index is 290. The highest BCUT2D eigenvalue weighted by atomic mass is 16.5. The van der Waals surface area contributed by atoms with Gasteiger partial charge in [0.1, 0.15) is 0 Å². The number of rotatable bonds is 4. The molecule has 2 aliphatic heterocycles. The van der Waals surface area contributed by atoms with Crippen molar-refractivity contribution in [2.24, 2.45) is 0 Å². The number of ether oxygens (including phenoxy) is 1. The van der Waals surface area contributed by atoms with Gasteiger partial charge in [-0.1, -0.05) is 0 Å². The lowest BCUT2D eigenvalue weighted by molar-refractivity contribution is -0.133. The first-order valence-electron chi connectivity index (χ1n) is 7.48. The molecule has 2 fully saturated rings. The Morgan fingerprint density at radius 3 is 2.68 bits per heavy atom. The van der Waals surface area contributed by atoms with Gasteiger partial charge in [0.15, 0.2) is 0 Å². The van der Waals surface area contributed by atoms with E-state index in [4.69, 9.17) is 4.74 Å². The van der Waals surface area contributed by atoms with Gasteiger partial charge in [-0.05, 0) is 26.8 Å². The fourth-order valence-electron chi connectivity index (χ4n) is 3.05. The Kier molecular flexibility index (Phi) is 5.60. The lowest BCUT2D eigenvalue weighted by Gasteiger charge is -2.41. The topological polar surface area (TPSA) is 44.8 Å². The second kappa shape index (κ2) is 7.22. The maximum atomic E-state index is 11.9. The molecule has 1 atom stereocenters. The second-order valence-corrected chi connectivity index (χ2v) is 5.64. The first-order chi connectivity index (χ1) is 9.20. The van der Waals surface area contributed by atoms with E-state index in [0.29, 0.717) is 24.5 Å². The highest BCUT2D eigenvalue weighted by molar-refractivity contribution is 5.76. The molecule has 19 heavy (non-hydrogen) atoms. The summed E-state index contributed by atoms with van der Waals surface area (Å²) < 4.78 is 5.59. The molecule has 1 unspecified atom stereocenters. The van der Waals surface area contributed by atoms with Gasteiger partial charge in [-0.25, -0.2) is 0 Å². The van der Waals surface area contributed by atoms with Crippen LogP contribution in [0.5, 0.6) is 0 Å². The molecule has 0 aromatic heterocycles. The van der Waals surface area contributed by atoms with Gasteiger partial charge in [-0.2, -0.15) is 0 Å². The smallest absolute Gasteiger partial charge is 0.223 e. The monoisotopic (exact) mass is 269 g/mol. The van der Waals surface area contributed by atoms with Crippen molar-refractivity contribution < 1.29 is 9.53 Å². The van der Waals surface area contributed by atoms with E-state index in [2.05, 4.69) is 17.1 Å². The summed E-state index contributed by atoms with van der Waals surface area (Å²) in [7, 11) is 1.89. The molecule has 0 aliphatic carbocycles. The van der Waals surface area contributed by atoms with Crippen LogP contribution in [0.25, 0.3) is 0 Å². The predicted octanol–water partition coefficient (Wildman–Crippen LogP) is 0.308. The van der Waals surface area contributed by atoms with Crippen molar-refractivity contribution in [3.8, 4) is 0 Å². The summed E-state index contributed by atoms with van der Waals surface area (Å²) in [6.07, 6.45) is 3.19. The number of likely N-dealkylation sites (tertiary alicyclic amines) is 1. The summed E-state index contributed by atoms with van der Waals surface area (Å²) in [6.45, 7) is 7.68. The maximum Gasteiger partial charge on any atom is 0.223 e. The molecule has 2 rings (SSSR count). The summed E-state index contributed by atoms with van der Waals surface area (Å²) >= 11 is 0. The number of carbonyl (C=O) groups excluding carboxylic acids is 1. The Labute approximate surface area is 116 Å². The van der Waals surface area contributed by atoms with E-state index in [1.807, 2.05) is 11.9 Å². The van der Waals surface area contributed by atoms with Crippen molar-refractivity contribution in [2.45, 2.75) is 38.3 Å². The standard InChI is InChI=1S/C14H27N3O2/c1-12-11-17(9-10-19-12)13-4-7-16(8-5-13)14(18)3-6-15-2/h12-13,15H,3-11H2,1-2H3. The molecule has 0 spiro atoms. The van der Waals surface area contributed by atoms with Crippen LogP contribution in [0.3, 0.4) is 0 Å². The average molecular weight is 269 g/mol. The number of morpholine rings is 1. The quantitative estimate of drug-likeness (QED) is 0.798. The van der Waals surface area contributed by atoms with Crippen molar-refractivity contribution in [1.82, 2.24) is 15.1 Å². The number of amides is 1. The van der Waals surface area contributed by atoms with Gasteiger partial charge in [0.05, 0.1) is 12.7 Å². The molecule has 1 N–H and O–H groups in total. The van der Waals surface area contributed by atoms with Crippen LogP contribution in [0.2, 0.25) is 0 Å². The highest BCUT2D eigenvalue weighted by Gasteiger charge is 2.29.